The van der Waals surface area contributed by atoms with E-state index in [2.05, 4.69) is 5.32 Å². The fourth-order valence-corrected chi connectivity index (χ4v) is 1.97. The molecule has 0 unspecified atom stereocenters. The molecule has 0 amide bonds. The minimum Gasteiger partial charge on any atom is -0.314 e. The van der Waals surface area contributed by atoms with Crippen LogP contribution in [0.4, 0.5) is 17.6 Å². The fraction of sp³-hybridized carbons (Fsp3) is 0.500. The normalized spacial score (nSPS) is 18.2. The summed E-state index contributed by atoms with van der Waals surface area (Å²) in [7, 11) is 1.75. The molecule has 0 spiro atoms. The van der Waals surface area contributed by atoms with E-state index < -0.39 is 17.6 Å². The molecule has 0 saturated heterocycles. The Balaban J connectivity index is 2.30. The number of benzene rings is 1. The maximum absolute atomic E-state index is 13.7. The molecular weight excluding hydrogens is 234 g/mol. The van der Waals surface area contributed by atoms with Crippen molar-refractivity contribution < 1.29 is 17.6 Å². The molecule has 17 heavy (non-hydrogen) atoms. The van der Waals surface area contributed by atoms with Crippen molar-refractivity contribution in [3.63, 3.8) is 0 Å². The lowest BCUT2D eigenvalue weighted by Crippen LogP contribution is -2.30. The van der Waals surface area contributed by atoms with Gasteiger partial charge in [-0.15, -0.1) is 0 Å². The first-order valence-electron chi connectivity index (χ1n) is 5.41. The van der Waals surface area contributed by atoms with E-state index in [9.17, 15) is 17.6 Å². The molecule has 5 heteroatoms. The third-order valence-electron chi connectivity index (χ3n) is 3.30. The molecule has 1 aromatic carbocycles. The molecule has 1 aliphatic carbocycles. The van der Waals surface area contributed by atoms with E-state index in [1.54, 1.807) is 7.05 Å². The van der Waals surface area contributed by atoms with Crippen molar-refractivity contribution in [2.45, 2.75) is 31.0 Å². The lowest BCUT2D eigenvalue weighted by molar-refractivity contribution is -0.140. The van der Waals surface area contributed by atoms with Crippen molar-refractivity contribution >= 4 is 0 Å². The van der Waals surface area contributed by atoms with Gasteiger partial charge in [-0.25, -0.2) is 4.39 Å². The Morgan fingerprint density at radius 2 is 1.94 bits per heavy atom. The van der Waals surface area contributed by atoms with Crippen molar-refractivity contribution in [2.75, 3.05) is 7.05 Å². The molecule has 0 aliphatic heterocycles. The van der Waals surface area contributed by atoms with Gasteiger partial charge in [0, 0.05) is 5.54 Å². The van der Waals surface area contributed by atoms with E-state index in [-0.39, 0.29) is 11.1 Å². The largest absolute Gasteiger partial charge is 0.419 e. The fourth-order valence-electron chi connectivity index (χ4n) is 1.97. The van der Waals surface area contributed by atoms with Gasteiger partial charge in [-0.1, -0.05) is 12.1 Å². The molecule has 1 aliphatic rings. The summed E-state index contributed by atoms with van der Waals surface area (Å²) in [6.07, 6.45) is -2.58. The van der Waals surface area contributed by atoms with E-state index in [4.69, 9.17) is 0 Å². The number of hydrogen-bond acceptors (Lipinski definition) is 1. The number of rotatable bonds is 3. The second-order valence-corrected chi connectivity index (χ2v) is 4.48. The second-order valence-electron chi connectivity index (χ2n) is 4.48. The number of halogens is 4. The first kappa shape index (κ1) is 12.4. The maximum Gasteiger partial charge on any atom is 0.419 e. The zero-order chi connectivity index (χ0) is 12.7. The Morgan fingerprint density at radius 1 is 1.29 bits per heavy atom. The van der Waals surface area contributed by atoms with Crippen molar-refractivity contribution in [2.24, 2.45) is 0 Å². The highest BCUT2D eigenvalue weighted by molar-refractivity contribution is 5.30. The Bertz CT molecular complexity index is 421. The van der Waals surface area contributed by atoms with Crippen LogP contribution in [-0.2, 0) is 12.6 Å². The average Bonchev–Trinajstić information content (AvgIpc) is 3.00. The summed E-state index contributed by atoms with van der Waals surface area (Å²) >= 11 is 0. The van der Waals surface area contributed by atoms with Gasteiger partial charge >= 0.3 is 6.18 Å². The Labute approximate surface area is 96.8 Å². The molecule has 0 heterocycles. The molecular formula is C12H13F4N. The van der Waals surface area contributed by atoms with Crippen LogP contribution in [0.2, 0.25) is 0 Å². The molecule has 1 aromatic rings. The molecule has 0 radical (unpaired) electrons. The average molecular weight is 247 g/mol. The van der Waals surface area contributed by atoms with E-state index in [0.29, 0.717) is 6.42 Å². The van der Waals surface area contributed by atoms with Gasteiger partial charge in [0.1, 0.15) is 5.82 Å². The van der Waals surface area contributed by atoms with Crippen LogP contribution in [0.5, 0.6) is 0 Å². The SMILES string of the molecule is CNC1(Cc2cccc(C(F)(F)F)c2F)CC1. The molecule has 0 aromatic heterocycles. The minimum atomic E-state index is -4.63. The van der Waals surface area contributed by atoms with Crippen LogP contribution in [0.25, 0.3) is 0 Å². The summed E-state index contributed by atoms with van der Waals surface area (Å²) in [5, 5.41) is 3.04. The lowest BCUT2D eigenvalue weighted by atomic mass is 10.0. The zero-order valence-electron chi connectivity index (χ0n) is 9.37. The van der Waals surface area contributed by atoms with E-state index >= 15 is 0 Å². The van der Waals surface area contributed by atoms with Gasteiger partial charge in [0.25, 0.3) is 0 Å². The summed E-state index contributed by atoms with van der Waals surface area (Å²) in [5.41, 5.74) is -1.25. The summed E-state index contributed by atoms with van der Waals surface area (Å²) in [6, 6.07) is 3.45. The van der Waals surface area contributed by atoms with Gasteiger partial charge in [-0.3, -0.25) is 0 Å². The summed E-state index contributed by atoms with van der Waals surface area (Å²) in [4.78, 5) is 0. The quantitative estimate of drug-likeness (QED) is 0.809. The molecule has 94 valence electrons. The van der Waals surface area contributed by atoms with Gasteiger partial charge in [-0.05, 0) is 37.9 Å². The Kier molecular flexibility index (Phi) is 2.89. The van der Waals surface area contributed by atoms with Crippen LogP contribution in [0.1, 0.15) is 24.0 Å². The lowest BCUT2D eigenvalue weighted by Gasteiger charge is -2.16. The number of hydrogen-bond donors (Lipinski definition) is 1. The topological polar surface area (TPSA) is 12.0 Å². The molecule has 2 rings (SSSR count). The van der Waals surface area contributed by atoms with Crippen molar-refractivity contribution in [1.82, 2.24) is 5.32 Å². The highest BCUT2D eigenvalue weighted by Crippen LogP contribution is 2.40. The van der Waals surface area contributed by atoms with Crippen LogP contribution in [0.15, 0.2) is 18.2 Å². The van der Waals surface area contributed by atoms with Crippen LogP contribution in [-0.4, -0.2) is 12.6 Å². The summed E-state index contributed by atoms with van der Waals surface area (Å²) in [6.45, 7) is 0. The number of nitrogens with one attached hydrogen (secondary N) is 1. The van der Waals surface area contributed by atoms with Gasteiger partial charge in [-0.2, -0.15) is 13.2 Å². The van der Waals surface area contributed by atoms with Crippen LogP contribution in [0, 0.1) is 5.82 Å². The maximum atomic E-state index is 13.7. The van der Waals surface area contributed by atoms with Crippen molar-refractivity contribution in [3.05, 3.63) is 35.1 Å². The number of likely N-dealkylation sites (N-methyl/N-ethyl adjacent to an activating group) is 1. The highest BCUT2D eigenvalue weighted by Gasteiger charge is 2.42. The van der Waals surface area contributed by atoms with Gasteiger partial charge in [0.05, 0.1) is 5.56 Å². The van der Waals surface area contributed by atoms with Crippen LogP contribution >= 0.6 is 0 Å². The minimum absolute atomic E-state index is 0.131. The molecule has 0 atom stereocenters. The van der Waals surface area contributed by atoms with E-state index in [0.717, 1.165) is 18.9 Å². The predicted octanol–water partition coefficient (Wildman–Crippen LogP) is 3.14. The smallest absolute Gasteiger partial charge is 0.314 e. The molecule has 1 saturated carbocycles. The number of alkyl halides is 3. The van der Waals surface area contributed by atoms with Gasteiger partial charge in [0.2, 0.25) is 0 Å². The van der Waals surface area contributed by atoms with Crippen molar-refractivity contribution in [3.8, 4) is 0 Å². The van der Waals surface area contributed by atoms with E-state index in [1.807, 2.05) is 0 Å². The second kappa shape index (κ2) is 3.98. The predicted molar refractivity (Wildman–Crippen MR) is 56.1 cm³/mol. The Hall–Kier alpha value is -1.10. The zero-order valence-corrected chi connectivity index (χ0v) is 9.37. The van der Waals surface area contributed by atoms with E-state index in [1.165, 1.54) is 12.1 Å². The first-order chi connectivity index (χ1) is 7.88. The van der Waals surface area contributed by atoms with Gasteiger partial charge in [0.15, 0.2) is 0 Å². The standard InChI is InChI=1S/C12H13F4N/c1-17-11(5-6-11)7-8-3-2-4-9(10(8)13)12(14,15)16/h2-4,17H,5-7H2,1H3. The molecule has 1 fully saturated rings. The van der Waals surface area contributed by atoms with Crippen LogP contribution < -0.4 is 5.32 Å². The van der Waals surface area contributed by atoms with Crippen molar-refractivity contribution in [1.29, 1.82) is 0 Å². The monoisotopic (exact) mass is 247 g/mol. The van der Waals surface area contributed by atoms with Gasteiger partial charge < -0.3 is 5.32 Å². The third-order valence-corrected chi connectivity index (χ3v) is 3.30. The summed E-state index contributed by atoms with van der Waals surface area (Å²) < 4.78 is 51.2. The molecule has 1 N–H and O–H groups in total. The summed E-state index contributed by atoms with van der Waals surface area (Å²) in [5.74, 6) is -1.14. The third kappa shape index (κ3) is 2.44. The highest BCUT2D eigenvalue weighted by atomic mass is 19.4. The first-order valence-corrected chi connectivity index (χ1v) is 5.41. The molecule has 1 nitrogen and oxygen atoms in total. The van der Waals surface area contributed by atoms with Crippen LogP contribution in [0.3, 0.4) is 0 Å². The molecule has 0 bridgehead atoms. The Morgan fingerprint density at radius 3 is 2.41 bits per heavy atom.